The summed E-state index contributed by atoms with van der Waals surface area (Å²) in [7, 11) is 0. The minimum atomic E-state index is -0.243. The van der Waals surface area contributed by atoms with Gasteiger partial charge in [0.1, 0.15) is 0 Å². The normalized spacial score (nSPS) is 10.2. The van der Waals surface area contributed by atoms with Crippen molar-refractivity contribution >= 4 is 30.4 Å². The molecule has 0 unspecified atom stereocenters. The van der Waals surface area contributed by atoms with E-state index in [1.165, 1.54) is 0 Å². The third-order valence-corrected chi connectivity index (χ3v) is 3.50. The Labute approximate surface area is 164 Å². The number of amides is 2. The Bertz CT molecular complexity index is 737. The van der Waals surface area contributed by atoms with Gasteiger partial charge in [0.05, 0.1) is 19.3 Å². The van der Waals surface area contributed by atoms with Crippen LogP contribution < -0.4 is 21.8 Å². The van der Waals surface area contributed by atoms with Crippen molar-refractivity contribution in [3.8, 4) is 0 Å². The van der Waals surface area contributed by atoms with Crippen molar-refractivity contribution < 1.29 is 9.59 Å². The summed E-state index contributed by atoms with van der Waals surface area (Å²) in [6.45, 7) is 1.02. The molecule has 2 aromatic rings. The zero-order chi connectivity index (χ0) is 18.6. The van der Waals surface area contributed by atoms with Crippen LogP contribution in [0.15, 0.2) is 53.9 Å². The zero-order valence-corrected chi connectivity index (χ0v) is 15.5. The first kappa shape index (κ1) is 22.1. The first-order valence-electron chi connectivity index (χ1n) is 8.12. The molecule has 0 aliphatic carbocycles. The van der Waals surface area contributed by atoms with Crippen LogP contribution >= 0.6 is 12.4 Å². The van der Waals surface area contributed by atoms with Crippen LogP contribution in [0.2, 0.25) is 0 Å². The highest BCUT2D eigenvalue weighted by molar-refractivity contribution is 5.85. The minimum absolute atomic E-state index is 0. The Balaban J connectivity index is 0.00000364. The van der Waals surface area contributed by atoms with E-state index in [4.69, 9.17) is 5.84 Å². The molecule has 2 rings (SSSR count). The molecule has 2 amide bonds. The van der Waals surface area contributed by atoms with Gasteiger partial charge in [0.15, 0.2) is 0 Å². The van der Waals surface area contributed by atoms with E-state index in [2.05, 4.69) is 26.0 Å². The summed E-state index contributed by atoms with van der Waals surface area (Å²) in [5.74, 6) is 4.61. The fourth-order valence-electron chi connectivity index (χ4n) is 2.13. The zero-order valence-electron chi connectivity index (χ0n) is 14.7. The Kier molecular flexibility index (Phi) is 10.1. The number of aromatic nitrogens is 1. The second kappa shape index (κ2) is 12.4. The largest absolute Gasteiger partial charge is 0.350 e. The molecule has 0 aliphatic rings. The number of carbonyl (C=O) groups excluding carboxylic acids is 2. The van der Waals surface area contributed by atoms with Crippen LogP contribution in [0.1, 0.15) is 16.7 Å². The van der Waals surface area contributed by atoms with E-state index in [1.807, 2.05) is 36.4 Å². The lowest BCUT2D eigenvalue weighted by Gasteiger charge is -2.08. The molecular formula is C18H23ClN6O2. The van der Waals surface area contributed by atoms with Crippen molar-refractivity contribution in [3.05, 3.63) is 65.5 Å². The van der Waals surface area contributed by atoms with Gasteiger partial charge in [0.25, 0.3) is 0 Å². The van der Waals surface area contributed by atoms with Gasteiger partial charge >= 0.3 is 0 Å². The minimum Gasteiger partial charge on any atom is -0.350 e. The van der Waals surface area contributed by atoms with Crippen molar-refractivity contribution in [2.75, 3.05) is 13.1 Å². The maximum absolute atomic E-state index is 11.8. The number of hydrazone groups is 1. The fraction of sp³-hybridized carbons (Fsp3) is 0.222. The van der Waals surface area contributed by atoms with Crippen LogP contribution in [0.4, 0.5) is 0 Å². The second-order valence-corrected chi connectivity index (χ2v) is 5.53. The maximum Gasteiger partial charge on any atom is 0.239 e. The number of halogens is 1. The Morgan fingerprint density at radius 2 is 1.56 bits per heavy atom. The van der Waals surface area contributed by atoms with E-state index in [1.54, 1.807) is 18.6 Å². The van der Waals surface area contributed by atoms with E-state index in [0.717, 1.165) is 16.7 Å². The standard InChI is InChI=1S/C18H22N6O2.ClH/c19-24-11-15-3-1-14(2-4-15)9-21-12-17(25)23-13-18(26)22-10-16-5-7-20-8-6-16;/h1-8,11,21H,9-10,12-13,19H2,(H,22,26)(H,23,25);1H. The number of carbonyl (C=O) groups is 2. The Morgan fingerprint density at radius 3 is 2.22 bits per heavy atom. The van der Waals surface area contributed by atoms with Crippen LogP contribution in [0.25, 0.3) is 0 Å². The van der Waals surface area contributed by atoms with Gasteiger partial charge in [-0.15, -0.1) is 12.4 Å². The number of benzene rings is 1. The summed E-state index contributed by atoms with van der Waals surface area (Å²) in [6.07, 6.45) is 4.88. The molecule has 0 bridgehead atoms. The van der Waals surface area contributed by atoms with Crippen LogP contribution in [0, 0.1) is 0 Å². The molecule has 27 heavy (non-hydrogen) atoms. The smallest absolute Gasteiger partial charge is 0.239 e. The highest BCUT2D eigenvalue weighted by Gasteiger charge is 2.05. The lowest BCUT2D eigenvalue weighted by molar-refractivity contribution is -0.125. The number of hydrogen-bond donors (Lipinski definition) is 4. The van der Waals surface area contributed by atoms with Crippen LogP contribution in [0.3, 0.4) is 0 Å². The highest BCUT2D eigenvalue weighted by Crippen LogP contribution is 2.02. The molecule has 0 spiro atoms. The molecule has 0 fully saturated rings. The highest BCUT2D eigenvalue weighted by atomic mass is 35.5. The lowest BCUT2D eigenvalue weighted by atomic mass is 10.1. The first-order chi connectivity index (χ1) is 12.7. The second-order valence-electron chi connectivity index (χ2n) is 5.53. The van der Waals surface area contributed by atoms with E-state index in [0.29, 0.717) is 13.1 Å². The Morgan fingerprint density at radius 1 is 0.926 bits per heavy atom. The molecule has 0 saturated heterocycles. The van der Waals surface area contributed by atoms with E-state index < -0.39 is 0 Å². The number of pyridine rings is 1. The monoisotopic (exact) mass is 390 g/mol. The number of rotatable bonds is 9. The molecule has 9 heteroatoms. The predicted octanol–water partition coefficient (Wildman–Crippen LogP) is 0.318. The van der Waals surface area contributed by atoms with Crippen LogP contribution in [-0.4, -0.2) is 36.1 Å². The third kappa shape index (κ3) is 8.80. The van der Waals surface area contributed by atoms with Crippen LogP contribution in [-0.2, 0) is 22.7 Å². The molecule has 1 heterocycles. The third-order valence-electron chi connectivity index (χ3n) is 3.50. The van der Waals surface area contributed by atoms with Crippen molar-refractivity contribution in [2.24, 2.45) is 10.9 Å². The van der Waals surface area contributed by atoms with Crippen molar-refractivity contribution in [2.45, 2.75) is 13.1 Å². The van der Waals surface area contributed by atoms with Gasteiger partial charge in [-0.2, -0.15) is 5.10 Å². The number of nitrogens with zero attached hydrogens (tertiary/aromatic N) is 2. The quantitative estimate of drug-likeness (QED) is 0.279. The van der Waals surface area contributed by atoms with E-state index >= 15 is 0 Å². The van der Waals surface area contributed by atoms with Crippen molar-refractivity contribution in [1.82, 2.24) is 20.9 Å². The SMILES string of the molecule is Cl.NN=Cc1ccc(CNCC(=O)NCC(=O)NCc2ccncc2)cc1. The molecule has 0 aliphatic heterocycles. The van der Waals surface area contributed by atoms with Crippen molar-refractivity contribution in [1.29, 1.82) is 0 Å². The molecule has 0 saturated carbocycles. The molecule has 5 N–H and O–H groups in total. The molecular weight excluding hydrogens is 368 g/mol. The number of hydrogen-bond acceptors (Lipinski definition) is 6. The molecule has 8 nitrogen and oxygen atoms in total. The maximum atomic E-state index is 11.8. The summed E-state index contributed by atoms with van der Waals surface area (Å²) in [4.78, 5) is 27.4. The summed E-state index contributed by atoms with van der Waals surface area (Å²) < 4.78 is 0. The molecule has 0 atom stereocenters. The summed E-state index contributed by atoms with van der Waals surface area (Å²) in [5.41, 5.74) is 2.89. The molecule has 0 radical (unpaired) electrons. The summed E-state index contributed by atoms with van der Waals surface area (Å²) in [5, 5.41) is 11.8. The average molecular weight is 391 g/mol. The average Bonchev–Trinajstić information content (AvgIpc) is 2.67. The van der Waals surface area contributed by atoms with Crippen LogP contribution in [0.5, 0.6) is 0 Å². The topological polar surface area (TPSA) is 121 Å². The summed E-state index contributed by atoms with van der Waals surface area (Å²) >= 11 is 0. The molecule has 1 aromatic carbocycles. The van der Waals surface area contributed by atoms with Gasteiger partial charge in [0, 0.05) is 25.5 Å². The van der Waals surface area contributed by atoms with Gasteiger partial charge in [-0.3, -0.25) is 14.6 Å². The fourth-order valence-corrected chi connectivity index (χ4v) is 2.13. The predicted molar refractivity (Wildman–Crippen MR) is 106 cm³/mol. The van der Waals surface area contributed by atoms with Gasteiger partial charge in [-0.25, -0.2) is 0 Å². The lowest BCUT2D eigenvalue weighted by Crippen LogP contribution is -2.40. The van der Waals surface area contributed by atoms with Gasteiger partial charge < -0.3 is 21.8 Å². The molecule has 1 aromatic heterocycles. The Hall–Kier alpha value is -2.97. The van der Waals surface area contributed by atoms with E-state index in [-0.39, 0.29) is 37.3 Å². The van der Waals surface area contributed by atoms with Gasteiger partial charge in [0.2, 0.25) is 11.8 Å². The summed E-state index contributed by atoms with van der Waals surface area (Å²) in [6, 6.07) is 11.3. The van der Waals surface area contributed by atoms with Crippen molar-refractivity contribution in [3.63, 3.8) is 0 Å². The molecule has 144 valence electrons. The van der Waals surface area contributed by atoms with Gasteiger partial charge in [-0.05, 0) is 28.8 Å². The first-order valence-corrected chi connectivity index (χ1v) is 8.12. The van der Waals surface area contributed by atoms with Gasteiger partial charge in [-0.1, -0.05) is 24.3 Å². The number of nitrogens with one attached hydrogen (secondary N) is 3. The number of nitrogens with two attached hydrogens (primary N) is 1. The van der Waals surface area contributed by atoms with E-state index in [9.17, 15) is 9.59 Å².